The molecular weight excluding hydrogens is 271 g/mol. The van der Waals surface area contributed by atoms with Gasteiger partial charge >= 0.3 is 6.18 Å². The Morgan fingerprint density at radius 1 is 1.25 bits per heavy atom. The molecule has 0 aliphatic heterocycles. The number of nitrogen functional groups attached to an aromatic ring is 1. The summed E-state index contributed by atoms with van der Waals surface area (Å²) >= 11 is 0. The Bertz CT molecular complexity index is 410. The summed E-state index contributed by atoms with van der Waals surface area (Å²) in [6.45, 7) is 3.85. The summed E-state index contributed by atoms with van der Waals surface area (Å²) in [5.41, 5.74) is 4.57. The van der Waals surface area contributed by atoms with Crippen LogP contribution in [0.1, 0.15) is 31.7 Å². The minimum atomic E-state index is -4.42. The number of hydrogen-bond donors (Lipinski definition) is 2. The number of hydrogen-bond acceptors (Lipinski definition) is 4. The molecule has 0 saturated heterocycles. The average molecular weight is 291 g/mol. The molecule has 0 aliphatic rings. The molecule has 0 unspecified atom stereocenters. The van der Waals surface area contributed by atoms with Crippen molar-refractivity contribution in [2.24, 2.45) is 0 Å². The summed E-state index contributed by atoms with van der Waals surface area (Å²) in [7, 11) is 0. The van der Waals surface area contributed by atoms with Crippen molar-refractivity contribution in [2.75, 3.05) is 30.8 Å². The quantitative estimate of drug-likeness (QED) is 0.721. The molecular formula is C13H20F3N3O. The first-order valence-electron chi connectivity index (χ1n) is 6.60. The van der Waals surface area contributed by atoms with E-state index in [0.717, 1.165) is 25.0 Å². The number of anilines is 2. The van der Waals surface area contributed by atoms with Crippen LogP contribution in [-0.2, 0) is 10.9 Å². The number of nitrogens with zero attached hydrogens (tertiary/aromatic N) is 1. The fraction of sp³-hybridized carbons (Fsp3) is 0.615. The van der Waals surface area contributed by atoms with Crippen molar-refractivity contribution in [3.05, 3.63) is 17.7 Å². The van der Waals surface area contributed by atoms with Gasteiger partial charge in [-0.2, -0.15) is 13.2 Å². The van der Waals surface area contributed by atoms with E-state index < -0.39 is 11.7 Å². The molecule has 1 aromatic heterocycles. The summed E-state index contributed by atoms with van der Waals surface area (Å²) in [5, 5.41) is 2.82. The molecule has 0 amide bonds. The number of nitrogens with two attached hydrogens (primary N) is 1. The van der Waals surface area contributed by atoms with Crippen molar-refractivity contribution in [1.29, 1.82) is 0 Å². The molecule has 4 nitrogen and oxygen atoms in total. The lowest BCUT2D eigenvalue weighted by Gasteiger charge is -2.11. The fourth-order valence-electron chi connectivity index (χ4n) is 1.55. The molecule has 0 bridgehead atoms. The van der Waals surface area contributed by atoms with Crippen molar-refractivity contribution in [3.63, 3.8) is 0 Å². The molecule has 0 fully saturated rings. The van der Waals surface area contributed by atoms with Crippen LogP contribution >= 0.6 is 0 Å². The number of nitrogens with one attached hydrogen (secondary N) is 1. The van der Waals surface area contributed by atoms with Crippen molar-refractivity contribution >= 4 is 11.6 Å². The van der Waals surface area contributed by atoms with E-state index in [4.69, 9.17) is 10.5 Å². The molecule has 7 heteroatoms. The van der Waals surface area contributed by atoms with E-state index in [2.05, 4.69) is 17.2 Å². The van der Waals surface area contributed by atoms with Gasteiger partial charge in [0.25, 0.3) is 0 Å². The Hall–Kier alpha value is -1.50. The van der Waals surface area contributed by atoms with Gasteiger partial charge < -0.3 is 15.8 Å². The van der Waals surface area contributed by atoms with Gasteiger partial charge in [-0.05, 0) is 25.0 Å². The molecule has 0 atom stereocenters. The maximum atomic E-state index is 12.6. The van der Waals surface area contributed by atoms with Crippen LogP contribution in [0.15, 0.2) is 12.1 Å². The maximum Gasteiger partial charge on any atom is 0.416 e. The van der Waals surface area contributed by atoms with E-state index in [9.17, 15) is 13.2 Å². The van der Waals surface area contributed by atoms with Crippen LogP contribution in [0.2, 0.25) is 0 Å². The SMILES string of the molecule is CCCCOCCCNc1cc(C(F)(F)F)cc(N)n1. The van der Waals surface area contributed by atoms with Crippen LogP contribution < -0.4 is 11.1 Å². The van der Waals surface area contributed by atoms with Crippen molar-refractivity contribution in [3.8, 4) is 0 Å². The van der Waals surface area contributed by atoms with Crippen molar-refractivity contribution in [2.45, 2.75) is 32.4 Å². The van der Waals surface area contributed by atoms with Crippen LogP contribution in [0, 0.1) is 0 Å². The van der Waals surface area contributed by atoms with E-state index >= 15 is 0 Å². The van der Waals surface area contributed by atoms with Crippen LogP contribution in [0.4, 0.5) is 24.8 Å². The van der Waals surface area contributed by atoms with E-state index in [0.29, 0.717) is 26.2 Å². The van der Waals surface area contributed by atoms with Gasteiger partial charge in [0.2, 0.25) is 0 Å². The van der Waals surface area contributed by atoms with Gasteiger partial charge in [-0.3, -0.25) is 0 Å². The smallest absolute Gasteiger partial charge is 0.384 e. The summed E-state index contributed by atoms with van der Waals surface area (Å²) in [5.74, 6) is -0.0209. The zero-order valence-corrected chi connectivity index (χ0v) is 11.5. The van der Waals surface area contributed by atoms with E-state index in [1.165, 1.54) is 0 Å². The summed E-state index contributed by atoms with van der Waals surface area (Å²) in [4.78, 5) is 3.82. The first-order valence-corrected chi connectivity index (χ1v) is 6.60. The average Bonchev–Trinajstić information content (AvgIpc) is 2.36. The fourth-order valence-corrected chi connectivity index (χ4v) is 1.55. The minimum absolute atomic E-state index is 0.130. The third kappa shape index (κ3) is 6.10. The van der Waals surface area contributed by atoms with Gasteiger partial charge in [-0.1, -0.05) is 13.3 Å². The lowest BCUT2D eigenvalue weighted by atomic mass is 10.2. The monoisotopic (exact) mass is 291 g/mol. The molecule has 0 spiro atoms. The molecule has 3 N–H and O–H groups in total. The number of alkyl halides is 3. The Labute approximate surface area is 116 Å². The zero-order valence-electron chi connectivity index (χ0n) is 11.5. The predicted octanol–water partition coefficient (Wildman–Crippen LogP) is 3.30. The molecule has 0 aromatic carbocycles. The highest BCUT2D eigenvalue weighted by Crippen LogP contribution is 2.31. The third-order valence-electron chi connectivity index (χ3n) is 2.59. The highest BCUT2D eigenvalue weighted by atomic mass is 19.4. The van der Waals surface area contributed by atoms with Crippen LogP contribution in [0.5, 0.6) is 0 Å². The number of unbranched alkanes of at least 4 members (excludes halogenated alkanes) is 1. The third-order valence-corrected chi connectivity index (χ3v) is 2.59. The lowest BCUT2D eigenvalue weighted by Crippen LogP contribution is -2.11. The topological polar surface area (TPSA) is 60.2 Å². The van der Waals surface area contributed by atoms with Gasteiger partial charge in [0.15, 0.2) is 0 Å². The largest absolute Gasteiger partial charge is 0.416 e. The van der Waals surface area contributed by atoms with Gasteiger partial charge in [0.1, 0.15) is 11.6 Å². The second-order valence-electron chi connectivity index (χ2n) is 4.41. The first-order chi connectivity index (χ1) is 9.43. The predicted molar refractivity (Wildman–Crippen MR) is 72.5 cm³/mol. The van der Waals surface area contributed by atoms with Crippen molar-refractivity contribution in [1.82, 2.24) is 4.98 Å². The number of halogens is 3. The Morgan fingerprint density at radius 3 is 2.60 bits per heavy atom. The highest BCUT2D eigenvalue weighted by molar-refractivity contribution is 5.47. The second-order valence-corrected chi connectivity index (χ2v) is 4.41. The van der Waals surface area contributed by atoms with E-state index in [1.807, 2.05) is 0 Å². The Kier molecular flexibility index (Phi) is 6.57. The highest BCUT2D eigenvalue weighted by Gasteiger charge is 2.31. The molecule has 114 valence electrons. The van der Waals surface area contributed by atoms with Crippen molar-refractivity contribution < 1.29 is 17.9 Å². The Balaban J connectivity index is 2.39. The normalized spacial score (nSPS) is 11.6. The second kappa shape index (κ2) is 7.94. The summed E-state index contributed by atoms with van der Waals surface area (Å²) < 4.78 is 43.1. The van der Waals surface area contributed by atoms with Crippen LogP contribution in [0.25, 0.3) is 0 Å². The summed E-state index contributed by atoms with van der Waals surface area (Å²) in [6, 6.07) is 1.77. The molecule has 0 saturated carbocycles. The molecule has 0 radical (unpaired) electrons. The molecule has 20 heavy (non-hydrogen) atoms. The molecule has 1 heterocycles. The number of aromatic nitrogens is 1. The van der Waals surface area contributed by atoms with Gasteiger partial charge in [-0.25, -0.2) is 4.98 Å². The lowest BCUT2D eigenvalue weighted by molar-refractivity contribution is -0.137. The first kappa shape index (κ1) is 16.6. The van der Waals surface area contributed by atoms with Crippen LogP contribution in [-0.4, -0.2) is 24.7 Å². The van der Waals surface area contributed by atoms with Crippen LogP contribution in [0.3, 0.4) is 0 Å². The molecule has 1 rings (SSSR count). The molecule has 1 aromatic rings. The summed E-state index contributed by atoms with van der Waals surface area (Å²) in [6.07, 6.45) is -1.64. The Morgan fingerprint density at radius 2 is 1.95 bits per heavy atom. The number of rotatable bonds is 8. The van der Waals surface area contributed by atoms with Gasteiger partial charge in [-0.15, -0.1) is 0 Å². The van der Waals surface area contributed by atoms with E-state index in [1.54, 1.807) is 0 Å². The van der Waals surface area contributed by atoms with E-state index in [-0.39, 0.29) is 11.6 Å². The van der Waals surface area contributed by atoms with Gasteiger partial charge in [0.05, 0.1) is 5.56 Å². The standard InChI is InChI=1S/C13H20F3N3O/c1-2-3-6-20-7-4-5-18-12-9-10(13(14,15)16)8-11(17)19-12/h8-9H,2-7H2,1H3,(H3,17,18,19). The minimum Gasteiger partial charge on any atom is -0.384 e. The van der Waals surface area contributed by atoms with Gasteiger partial charge in [0, 0.05) is 19.8 Å². The maximum absolute atomic E-state index is 12.6. The number of pyridine rings is 1. The number of ether oxygens (including phenoxy) is 1. The molecule has 0 aliphatic carbocycles. The zero-order chi connectivity index (χ0) is 15.0.